The summed E-state index contributed by atoms with van der Waals surface area (Å²) < 4.78 is 19.9. The standard InChI is InChI=1S/C23H28N8O4/c1-29-20-16(10-25-29)26-23(31-7-5-6-14(31)12-32)28-22(20)27-19-11-30(13-24-19)15-8-17(33-2)21(35-4)18(9-15)34-3/h8-11,13-14,32H,5-7,12H2,1-4H3,(H,26,27,28). The van der Waals surface area contributed by atoms with Crippen LogP contribution in [0, 0.1) is 0 Å². The van der Waals surface area contributed by atoms with Gasteiger partial charge in [-0.25, -0.2) is 9.97 Å². The van der Waals surface area contributed by atoms with Crippen molar-refractivity contribution in [1.29, 1.82) is 0 Å². The first kappa shape index (κ1) is 22.7. The maximum absolute atomic E-state index is 9.77. The molecule has 1 aliphatic rings. The van der Waals surface area contributed by atoms with Crippen molar-refractivity contribution in [3.8, 4) is 22.9 Å². The van der Waals surface area contributed by atoms with Crippen molar-refractivity contribution in [3.63, 3.8) is 0 Å². The largest absolute Gasteiger partial charge is 0.493 e. The van der Waals surface area contributed by atoms with Gasteiger partial charge in [-0.15, -0.1) is 0 Å². The van der Waals surface area contributed by atoms with Gasteiger partial charge in [-0.2, -0.15) is 10.1 Å². The fourth-order valence-electron chi connectivity index (χ4n) is 4.44. The minimum Gasteiger partial charge on any atom is -0.493 e. The number of fused-ring (bicyclic) bond motifs is 1. The van der Waals surface area contributed by atoms with E-state index in [0.29, 0.717) is 40.3 Å². The quantitative estimate of drug-likeness (QED) is 0.388. The molecule has 3 aromatic heterocycles. The first-order valence-electron chi connectivity index (χ1n) is 11.2. The van der Waals surface area contributed by atoms with Crippen LogP contribution in [-0.2, 0) is 7.05 Å². The lowest BCUT2D eigenvalue weighted by molar-refractivity contribution is 0.265. The number of aromatic nitrogens is 6. The average Bonchev–Trinajstić information content (AvgIpc) is 3.63. The van der Waals surface area contributed by atoms with E-state index in [1.54, 1.807) is 38.5 Å². The molecule has 12 heteroatoms. The molecule has 1 atom stereocenters. The molecule has 1 aliphatic heterocycles. The van der Waals surface area contributed by atoms with Gasteiger partial charge >= 0.3 is 0 Å². The third-order valence-corrected chi connectivity index (χ3v) is 6.20. The molecule has 1 saturated heterocycles. The lowest BCUT2D eigenvalue weighted by atomic mass is 10.2. The number of nitrogens with zero attached hydrogens (tertiary/aromatic N) is 7. The highest BCUT2D eigenvalue weighted by Crippen LogP contribution is 2.39. The van der Waals surface area contributed by atoms with Crippen LogP contribution in [0.4, 0.5) is 17.6 Å². The van der Waals surface area contributed by atoms with Gasteiger partial charge < -0.3 is 34.1 Å². The molecule has 12 nitrogen and oxygen atoms in total. The molecule has 184 valence electrons. The molecule has 1 fully saturated rings. The molecular weight excluding hydrogens is 452 g/mol. The van der Waals surface area contributed by atoms with Gasteiger partial charge in [0.05, 0.1) is 52.1 Å². The van der Waals surface area contributed by atoms with E-state index in [2.05, 4.69) is 15.4 Å². The first-order valence-corrected chi connectivity index (χ1v) is 11.2. The molecule has 4 aromatic rings. The monoisotopic (exact) mass is 480 g/mol. The van der Waals surface area contributed by atoms with Crippen LogP contribution in [0.2, 0.25) is 0 Å². The summed E-state index contributed by atoms with van der Waals surface area (Å²) in [5, 5.41) is 17.4. The molecule has 0 bridgehead atoms. The summed E-state index contributed by atoms with van der Waals surface area (Å²) in [6.45, 7) is 0.864. The number of ether oxygens (including phenoxy) is 3. The Morgan fingerprint density at radius 1 is 1.11 bits per heavy atom. The number of anilines is 3. The fourth-order valence-corrected chi connectivity index (χ4v) is 4.44. The van der Waals surface area contributed by atoms with Crippen molar-refractivity contribution in [2.75, 3.05) is 44.7 Å². The predicted octanol–water partition coefficient (Wildman–Crippen LogP) is 2.28. The van der Waals surface area contributed by atoms with Crippen LogP contribution in [0.5, 0.6) is 17.2 Å². The van der Waals surface area contributed by atoms with Crippen molar-refractivity contribution >= 4 is 28.6 Å². The molecule has 0 saturated carbocycles. The molecule has 0 radical (unpaired) electrons. The van der Waals surface area contributed by atoms with Crippen LogP contribution in [-0.4, -0.2) is 74.9 Å². The second-order valence-electron chi connectivity index (χ2n) is 8.22. The molecule has 0 spiro atoms. The third-order valence-electron chi connectivity index (χ3n) is 6.20. The highest BCUT2D eigenvalue weighted by molar-refractivity contribution is 5.88. The number of rotatable bonds is 8. The zero-order valence-corrected chi connectivity index (χ0v) is 20.1. The molecular formula is C23H28N8O4. The predicted molar refractivity (Wildman–Crippen MR) is 130 cm³/mol. The van der Waals surface area contributed by atoms with E-state index in [9.17, 15) is 5.11 Å². The normalized spacial score (nSPS) is 15.6. The first-order chi connectivity index (χ1) is 17.1. The smallest absolute Gasteiger partial charge is 0.228 e. The van der Waals surface area contributed by atoms with Crippen LogP contribution in [0.15, 0.2) is 30.9 Å². The van der Waals surface area contributed by atoms with E-state index < -0.39 is 0 Å². The highest BCUT2D eigenvalue weighted by atomic mass is 16.5. The van der Waals surface area contributed by atoms with Gasteiger partial charge in [0, 0.05) is 25.7 Å². The molecule has 35 heavy (non-hydrogen) atoms. The molecule has 5 rings (SSSR count). The SMILES string of the molecule is COc1cc(-n2cnc(Nc3nc(N4CCCC4CO)nc4cnn(C)c34)c2)cc(OC)c1OC. The summed E-state index contributed by atoms with van der Waals surface area (Å²) >= 11 is 0. The van der Waals surface area contributed by atoms with Crippen molar-refractivity contribution in [2.45, 2.75) is 18.9 Å². The Bertz CT molecular complexity index is 1330. The average molecular weight is 481 g/mol. The summed E-state index contributed by atoms with van der Waals surface area (Å²) in [5.41, 5.74) is 2.26. The van der Waals surface area contributed by atoms with E-state index in [0.717, 1.165) is 30.6 Å². The summed E-state index contributed by atoms with van der Waals surface area (Å²) in [5.74, 6) is 3.35. The van der Waals surface area contributed by atoms with Gasteiger partial charge in [0.2, 0.25) is 11.7 Å². The number of aliphatic hydroxyl groups is 1. The molecule has 4 heterocycles. The Hall–Kier alpha value is -4.06. The van der Waals surface area contributed by atoms with Crippen molar-refractivity contribution in [3.05, 3.63) is 30.9 Å². The number of benzene rings is 1. The van der Waals surface area contributed by atoms with Gasteiger partial charge in [-0.05, 0) is 12.8 Å². The maximum Gasteiger partial charge on any atom is 0.228 e. The minimum atomic E-state index is 0.0104. The minimum absolute atomic E-state index is 0.0104. The molecule has 0 aliphatic carbocycles. The highest BCUT2D eigenvalue weighted by Gasteiger charge is 2.27. The Kier molecular flexibility index (Phi) is 6.03. The van der Waals surface area contributed by atoms with Gasteiger partial charge in [0.25, 0.3) is 0 Å². The Morgan fingerprint density at radius 3 is 2.57 bits per heavy atom. The number of nitrogens with one attached hydrogen (secondary N) is 1. The lowest BCUT2D eigenvalue weighted by Crippen LogP contribution is -2.33. The summed E-state index contributed by atoms with van der Waals surface area (Å²) in [7, 11) is 6.57. The van der Waals surface area contributed by atoms with Gasteiger partial charge in [0.1, 0.15) is 23.2 Å². The van der Waals surface area contributed by atoms with Crippen molar-refractivity contribution < 1.29 is 19.3 Å². The van der Waals surface area contributed by atoms with Crippen LogP contribution < -0.4 is 24.4 Å². The summed E-state index contributed by atoms with van der Waals surface area (Å²) in [6, 6.07) is 3.70. The number of methoxy groups -OCH3 is 3. The number of aliphatic hydroxyl groups excluding tert-OH is 1. The lowest BCUT2D eigenvalue weighted by Gasteiger charge is -2.23. The number of hydrogen-bond acceptors (Lipinski definition) is 10. The van der Waals surface area contributed by atoms with Crippen molar-refractivity contribution in [2.24, 2.45) is 7.05 Å². The Balaban J connectivity index is 1.50. The summed E-state index contributed by atoms with van der Waals surface area (Å²) in [4.78, 5) is 16.1. The van der Waals surface area contributed by atoms with Crippen LogP contribution in [0.25, 0.3) is 16.7 Å². The van der Waals surface area contributed by atoms with Gasteiger partial charge in [-0.3, -0.25) is 4.68 Å². The fraction of sp³-hybridized carbons (Fsp3) is 0.391. The second kappa shape index (κ2) is 9.29. The Labute approximate surface area is 202 Å². The Morgan fingerprint density at radius 2 is 1.89 bits per heavy atom. The van der Waals surface area contributed by atoms with E-state index in [1.165, 1.54) is 0 Å². The zero-order chi connectivity index (χ0) is 24.5. The van der Waals surface area contributed by atoms with Gasteiger partial charge in [-0.1, -0.05) is 0 Å². The number of imidazole rings is 1. The maximum atomic E-state index is 9.77. The molecule has 0 amide bonds. The molecule has 1 aromatic carbocycles. The topological polar surface area (TPSA) is 125 Å². The number of hydrogen-bond donors (Lipinski definition) is 2. The second-order valence-corrected chi connectivity index (χ2v) is 8.22. The van der Waals surface area contributed by atoms with E-state index in [1.807, 2.05) is 34.8 Å². The van der Waals surface area contributed by atoms with Crippen molar-refractivity contribution in [1.82, 2.24) is 29.3 Å². The van der Waals surface area contributed by atoms with Crippen LogP contribution in [0.3, 0.4) is 0 Å². The third kappa shape index (κ3) is 4.05. The van der Waals surface area contributed by atoms with E-state index in [4.69, 9.17) is 24.2 Å². The van der Waals surface area contributed by atoms with E-state index >= 15 is 0 Å². The van der Waals surface area contributed by atoms with Crippen LogP contribution in [0.1, 0.15) is 12.8 Å². The summed E-state index contributed by atoms with van der Waals surface area (Å²) in [6.07, 6.45) is 7.14. The molecule has 2 N–H and O–H groups in total. The van der Waals surface area contributed by atoms with E-state index in [-0.39, 0.29) is 12.6 Å². The van der Waals surface area contributed by atoms with Crippen LogP contribution >= 0.6 is 0 Å². The number of aryl methyl sites for hydroxylation is 1. The zero-order valence-electron chi connectivity index (χ0n) is 20.1. The van der Waals surface area contributed by atoms with Gasteiger partial charge in [0.15, 0.2) is 17.3 Å². The molecule has 1 unspecified atom stereocenters.